The Hall–Kier alpha value is -3.19. The highest BCUT2D eigenvalue weighted by molar-refractivity contribution is 5.98. The number of rotatable bonds is 9. The second-order valence-corrected chi connectivity index (χ2v) is 6.24. The summed E-state index contributed by atoms with van der Waals surface area (Å²) in [7, 11) is 0. The van der Waals surface area contributed by atoms with Gasteiger partial charge in [-0.25, -0.2) is 0 Å². The van der Waals surface area contributed by atoms with Crippen LogP contribution in [0.25, 0.3) is 11.4 Å². The van der Waals surface area contributed by atoms with Crippen LogP contribution in [0.15, 0.2) is 54.6 Å². The summed E-state index contributed by atoms with van der Waals surface area (Å²) in [4.78, 5) is 25.3. The van der Waals surface area contributed by atoms with E-state index in [0.717, 1.165) is 16.7 Å². The predicted molar refractivity (Wildman–Crippen MR) is 98.6 cm³/mol. The fourth-order valence-electron chi connectivity index (χ4n) is 2.63. The molecule has 0 unspecified atom stereocenters. The van der Waals surface area contributed by atoms with Crippen molar-refractivity contribution in [2.24, 2.45) is 0 Å². The van der Waals surface area contributed by atoms with E-state index in [4.69, 9.17) is 5.11 Å². The highest BCUT2D eigenvalue weighted by Gasteiger charge is 2.13. The van der Waals surface area contributed by atoms with Gasteiger partial charge in [0.05, 0.1) is 13.0 Å². The number of aromatic nitrogens is 4. The fourth-order valence-corrected chi connectivity index (χ4v) is 2.63. The maximum Gasteiger partial charge on any atom is 0.204 e. The van der Waals surface area contributed by atoms with E-state index < -0.39 is 0 Å². The third kappa shape index (κ3) is 5.39. The Bertz CT molecular complexity index is 904. The van der Waals surface area contributed by atoms with E-state index in [-0.39, 0.29) is 31.1 Å². The number of carbonyl (C=O) groups is 2. The first-order chi connectivity index (χ1) is 13.1. The molecule has 1 heterocycles. The molecule has 0 saturated heterocycles. The van der Waals surface area contributed by atoms with Gasteiger partial charge in [-0.3, -0.25) is 9.59 Å². The van der Waals surface area contributed by atoms with Gasteiger partial charge in [0.15, 0.2) is 5.78 Å². The number of ketones is 2. The Morgan fingerprint density at radius 2 is 1.63 bits per heavy atom. The molecule has 1 aromatic heterocycles. The number of aliphatic hydroxyl groups excluding tert-OH is 1. The molecule has 0 aliphatic rings. The molecule has 1 N–H and O–H groups in total. The third-order valence-corrected chi connectivity index (χ3v) is 4.10. The summed E-state index contributed by atoms with van der Waals surface area (Å²) in [6, 6.07) is 16.8. The zero-order valence-corrected chi connectivity index (χ0v) is 14.8. The van der Waals surface area contributed by atoms with Crippen LogP contribution >= 0.6 is 0 Å². The van der Waals surface area contributed by atoms with Gasteiger partial charge in [0, 0.05) is 12.0 Å². The Balaban J connectivity index is 1.47. The third-order valence-electron chi connectivity index (χ3n) is 4.10. The van der Waals surface area contributed by atoms with Crippen LogP contribution in [0.4, 0.5) is 0 Å². The molecule has 0 bridgehead atoms. The molecule has 0 aliphatic carbocycles. The minimum absolute atomic E-state index is 0.00395. The summed E-state index contributed by atoms with van der Waals surface area (Å²) in [5, 5.41) is 21.0. The molecule has 0 atom stereocenters. The number of hydrogen-bond donors (Lipinski definition) is 1. The predicted octanol–water partition coefficient (Wildman–Crippen LogP) is 1.99. The zero-order chi connectivity index (χ0) is 19.1. The smallest absolute Gasteiger partial charge is 0.204 e. The average Bonchev–Trinajstić information content (AvgIpc) is 3.15. The van der Waals surface area contributed by atoms with Crippen molar-refractivity contribution in [3.05, 3.63) is 65.7 Å². The molecule has 7 nitrogen and oxygen atoms in total. The summed E-state index contributed by atoms with van der Waals surface area (Å²) >= 11 is 0. The summed E-state index contributed by atoms with van der Waals surface area (Å²) in [6.45, 7) is -0.0766. The minimum atomic E-state index is -0.243. The van der Waals surface area contributed by atoms with Crippen LogP contribution in [-0.4, -0.2) is 36.9 Å². The maximum atomic E-state index is 12.1. The normalized spacial score (nSPS) is 10.7. The second-order valence-electron chi connectivity index (χ2n) is 6.24. The van der Waals surface area contributed by atoms with Crippen LogP contribution in [-0.2, 0) is 29.2 Å². The van der Waals surface area contributed by atoms with Crippen LogP contribution in [0.1, 0.15) is 24.0 Å². The summed E-state index contributed by atoms with van der Waals surface area (Å²) < 4.78 is 0. The lowest BCUT2D eigenvalue weighted by Crippen LogP contribution is -2.17. The largest absolute Gasteiger partial charge is 0.392 e. The van der Waals surface area contributed by atoms with Crippen molar-refractivity contribution in [3.63, 3.8) is 0 Å². The minimum Gasteiger partial charge on any atom is -0.392 e. The molecule has 0 saturated carbocycles. The SMILES string of the molecule is O=C(CCc1ccc(CO)cc1)CC(=O)Cn1nnc(-c2ccccc2)n1. The van der Waals surface area contributed by atoms with Gasteiger partial charge in [-0.05, 0) is 22.8 Å². The number of carbonyl (C=O) groups excluding carboxylic acids is 2. The first-order valence-electron chi connectivity index (χ1n) is 8.69. The number of hydrogen-bond acceptors (Lipinski definition) is 6. The van der Waals surface area contributed by atoms with E-state index in [1.165, 1.54) is 4.80 Å². The molecule has 0 aliphatic heterocycles. The van der Waals surface area contributed by atoms with Crippen LogP contribution in [0.2, 0.25) is 0 Å². The van der Waals surface area contributed by atoms with Crippen LogP contribution in [0.3, 0.4) is 0 Å². The van der Waals surface area contributed by atoms with E-state index in [9.17, 15) is 9.59 Å². The Morgan fingerprint density at radius 3 is 2.33 bits per heavy atom. The molecule has 3 rings (SSSR count). The van der Waals surface area contributed by atoms with Crippen molar-refractivity contribution in [1.82, 2.24) is 20.2 Å². The van der Waals surface area contributed by atoms with Gasteiger partial charge in [-0.2, -0.15) is 4.80 Å². The topological polar surface area (TPSA) is 98.0 Å². The van der Waals surface area contributed by atoms with Crippen molar-refractivity contribution >= 4 is 11.6 Å². The van der Waals surface area contributed by atoms with Gasteiger partial charge < -0.3 is 5.11 Å². The summed E-state index contributed by atoms with van der Waals surface area (Å²) in [6.07, 6.45) is 0.721. The number of benzene rings is 2. The molecular weight excluding hydrogens is 344 g/mol. The number of Topliss-reactive ketones (excluding diaryl/α,β-unsaturated/α-hetero) is 2. The van der Waals surface area contributed by atoms with E-state index in [1.54, 1.807) is 0 Å². The first-order valence-corrected chi connectivity index (χ1v) is 8.69. The molecule has 138 valence electrons. The van der Waals surface area contributed by atoms with E-state index in [0.29, 0.717) is 18.7 Å². The Labute approximate surface area is 156 Å². The molecule has 0 amide bonds. The Kier molecular flexibility index (Phi) is 6.17. The molecule has 2 aromatic carbocycles. The lowest BCUT2D eigenvalue weighted by Gasteiger charge is -2.03. The summed E-state index contributed by atoms with van der Waals surface area (Å²) in [5.74, 6) is 0.0864. The quantitative estimate of drug-likeness (QED) is 0.583. The molecule has 0 fully saturated rings. The van der Waals surface area contributed by atoms with Gasteiger partial charge in [-0.15, -0.1) is 10.2 Å². The average molecular weight is 364 g/mol. The first kappa shape index (κ1) is 18.6. The van der Waals surface area contributed by atoms with E-state index in [1.807, 2.05) is 54.6 Å². The van der Waals surface area contributed by atoms with Crippen molar-refractivity contribution in [3.8, 4) is 11.4 Å². The molecule has 0 spiro atoms. The zero-order valence-electron chi connectivity index (χ0n) is 14.8. The molecule has 3 aromatic rings. The van der Waals surface area contributed by atoms with Crippen molar-refractivity contribution in [2.75, 3.05) is 0 Å². The van der Waals surface area contributed by atoms with Crippen LogP contribution in [0, 0.1) is 0 Å². The van der Waals surface area contributed by atoms with E-state index >= 15 is 0 Å². The number of nitrogens with zero attached hydrogens (tertiary/aromatic N) is 4. The van der Waals surface area contributed by atoms with Crippen LogP contribution < -0.4 is 0 Å². The van der Waals surface area contributed by atoms with Gasteiger partial charge in [0.25, 0.3) is 0 Å². The van der Waals surface area contributed by atoms with E-state index in [2.05, 4.69) is 15.4 Å². The monoisotopic (exact) mass is 364 g/mol. The Morgan fingerprint density at radius 1 is 0.926 bits per heavy atom. The molecular formula is C20H20N4O3. The number of aliphatic hydroxyl groups is 1. The maximum absolute atomic E-state index is 12.1. The van der Waals surface area contributed by atoms with Crippen molar-refractivity contribution < 1.29 is 14.7 Å². The fraction of sp³-hybridized carbons (Fsp3) is 0.250. The lowest BCUT2D eigenvalue weighted by atomic mass is 10.0. The molecule has 7 heteroatoms. The highest BCUT2D eigenvalue weighted by atomic mass is 16.3. The van der Waals surface area contributed by atoms with Gasteiger partial charge >= 0.3 is 0 Å². The van der Waals surface area contributed by atoms with Crippen LogP contribution in [0.5, 0.6) is 0 Å². The van der Waals surface area contributed by atoms with Gasteiger partial charge in [0.1, 0.15) is 12.3 Å². The van der Waals surface area contributed by atoms with Crippen molar-refractivity contribution in [2.45, 2.75) is 32.4 Å². The van der Waals surface area contributed by atoms with Gasteiger partial charge in [0.2, 0.25) is 5.82 Å². The lowest BCUT2D eigenvalue weighted by molar-refractivity contribution is -0.127. The van der Waals surface area contributed by atoms with Gasteiger partial charge in [-0.1, -0.05) is 54.6 Å². The molecule has 27 heavy (non-hydrogen) atoms. The summed E-state index contributed by atoms with van der Waals surface area (Å²) in [5.41, 5.74) is 2.65. The highest BCUT2D eigenvalue weighted by Crippen LogP contribution is 2.12. The standard InChI is InChI=1S/C20H20N4O3/c25-14-16-8-6-15(7-9-16)10-11-18(26)12-19(27)13-24-22-20(21-23-24)17-4-2-1-3-5-17/h1-9,25H,10-14H2. The number of tetrazole rings is 1. The number of aryl methyl sites for hydroxylation is 1. The second kappa shape index (κ2) is 8.95. The molecule has 0 radical (unpaired) electrons. The van der Waals surface area contributed by atoms with Crippen molar-refractivity contribution in [1.29, 1.82) is 0 Å².